The zero-order valence-corrected chi connectivity index (χ0v) is 6.66. The topological polar surface area (TPSA) is 56.0 Å². The van der Waals surface area contributed by atoms with Crippen LogP contribution in [0.15, 0.2) is 18.3 Å². The normalized spacial score (nSPS) is 8.42. The molecule has 0 saturated carbocycles. The lowest BCUT2D eigenvalue weighted by molar-refractivity contribution is -0.112. The third kappa shape index (κ3) is 2.43. The second kappa shape index (κ2) is 3.54. The number of aromatic nitrogens is 1. The van der Waals surface area contributed by atoms with Gasteiger partial charge in [-0.2, -0.15) is 0 Å². The number of carbonyl (C=O) groups excluding carboxylic acids is 1. The lowest BCUT2D eigenvalue weighted by Crippen LogP contribution is -2.06. The predicted molar refractivity (Wildman–Crippen MR) is 45.0 cm³/mol. The number of carbonyl (C=O) groups is 1. The van der Waals surface area contributed by atoms with Crippen molar-refractivity contribution in [2.24, 2.45) is 5.73 Å². The molecule has 12 heavy (non-hydrogen) atoms. The molecular formula is C9H8N2O. The third-order valence-electron chi connectivity index (χ3n) is 1.23. The van der Waals surface area contributed by atoms with Crippen LogP contribution >= 0.6 is 0 Å². The van der Waals surface area contributed by atoms with E-state index in [1.807, 2.05) is 13.0 Å². The van der Waals surface area contributed by atoms with Crippen LogP contribution in [-0.2, 0) is 4.79 Å². The van der Waals surface area contributed by atoms with Crippen LogP contribution in [0, 0.1) is 18.8 Å². The van der Waals surface area contributed by atoms with E-state index in [1.54, 1.807) is 12.3 Å². The summed E-state index contributed by atoms with van der Waals surface area (Å²) in [5.41, 5.74) is 6.46. The summed E-state index contributed by atoms with van der Waals surface area (Å²) in [6.07, 6.45) is 1.64. The highest BCUT2D eigenvalue weighted by molar-refractivity contribution is 5.92. The molecule has 0 aromatic carbocycles. The zero-order chi connectivity index (χ0) is 8.97. The first kappa shape index (κ1) is 8.28. The summed E-state index contributed by atoms with van der Waals surface area (Å²) in [6.45, 7) is 1.93. The van der Waals surface area contributed by atoms with Gasteiger partial charge in [-0.3, -0.25) is 4.79 Å². The molecule has 0 saturated heterocycles. The minimum absolute atomic E-state index is 0.564. The Morgan fingerprint density at radius 3 is 3.00 bits per heavy atom. The number of amides is 1. The summed E-state index contributed by atoms with van der Waals surface area (Å²) in [5.74, 6) is 4.12. The van der Waals surface area contributed by atoms with Crippen molar-refractivity contribution in [1.29, 1.82) is 0 Å². The largest absolute Gasteiger partial charge is 0.359 e. The molecule has 1 aromatic heterocycles. The molecule has 1 aromatic rings. The number of hydrogen-bond donors (Lipinski definition) is 1. The number of hydrogen-bond acceptors (Lipinski definition) is 2. The third-order valence-corrected chi connectivity index (χ3v) is 1.23. The van der Waals surface area contributed by atoms with Crippen molar-refractivity contribution < 1.29 is 4.79 Å². The number of rotatable bonds is 0. The van der Waals surface area contributed by atoms with Crippen LogP contribution in [0.5, 0.6) is 0 Å². The van der Waals surface area contributed by atoms with Crippen LogP contribution < -0.4 is 5.73 Å². The van der Waals surface area contributed by atoms with Crippen molar-refractivity contribution >= 4 is 5.91 Å². The Bertz CT molecular complexity index is 360. The van der Waals surface area contributed by atoms with E-state index in [-0.39, 0.29) is 0 Å². The molecule has 0 aliphatic carbocycles. The van der Waals surface area contributed by atoms with Crippen molar-refractivity contribution in [2.45, 2.75) is 6.92 Å². The Hall–Kier alpha value is -1.82. The van der Waals surface area contributed by atoms with Crippen molar-refractivity contribution in [3.05, 3.63) is 29.6 Å². The van der Waals surface area contributed by atoms with Crippen molar-refractivity contribution in [1.82, 2.24) is 4.98 Å². The SMILES string of the molecule is Cc1ccnc(C#CC(N)=O)c1. The minimum atomic E-state index is -0.640. The standard InChI is InChI=1S/C9H8N2O/c1-7-4-5-11-8(6-7)2-3-9(10)12/h4-6H,1H3,(H2,10,12). The first-order valence-electron chi connectivity index (χ1n) is 3.42. The number of pyridine rings is 1. The molecule has 3 nitrogen and oxygen atoms in total. The van der Waals surface area contributed by atoms with E-state index >= 15 is 0 Å². The fraction of sp³-hybridized carbons (Fsp3) is 0.111. The molecule has 3 heteroatoms. The van der Waals surface area contributed by atoms with Gasteiger partial charge in [-0.1, -0.05) is 0 Å². The van der Waals surface area contributed by atoms with E-state index in [2.05, 4.69) is 16.8 Å². The molecule has 0 spiro atoms. The Labute approximate surface area is 70.6 Å². The minimum Gasteiger partial charge on any atom is -0.359 e. The van der Waals surface area contributed by atoms with Crippen LogP contribution in [0.25, 0.3) is 0 Å². The molecule has 0 atom stereocenters. The zero-order valence-electron chi connectivity index (χ0n) is 6.66. The monoisotopic (exact) mass is 160 g/mol. The van der Waals surface area contributed by atoms with Gasteiger partial charge in [0.25, 0.3) is 5.91 Å². The van der Waals surface area contributed by atoms with E-state index in [0.29, 0.717) is 5.69 Å². The molecule has 0 unspecified atom stereocenters. The highest BCUT2D eigenvalue weighted by atomic mass is 16.1. The summed E-state index contributed by atoms with van der Waals surface area (Å²) >= 11 is 0. The molecule has 60 valence electrons. The predicted octanol–water partition coefficient (Wildman–Crippen LogP) is 0.227. The Kier molecular flexibility index (Phi) is 2.44. The fourth-order valence-electron chi connectivity index (χ4n) is 0.730. The number of primary amides is 1. The van der Waals surface area contributed by atoms with Gasteiger partial charge in [-0.25, -0.2) is 4.98 Å². The maximum Gasteiger partial charge on any atom is 0.293 e. The first-order valence-corrected chi connectivity index (χ1v) is 3.42. The van der Waals surface area contributed by atoms with Crippen LogP contribution in [0.1, 0.15) is 11.3 Å². The van der Waals surface area contributed by atoms with E-state index in [9.17, 15) is 4.79 Å². The molecule has 0 bridgehead atoms. The lowest BCUT2D eigenvalue weighted by atomic mass is 10.2. The molecule has 0 radical (unpaired) electrons. The van der Waals surface area contributed by atoms with Crippen LogP contribution in [0.4, 0.5) is 0 Å². The number of nitrogens with two attached hydrogens (primary N) is 1. The van der Waals surface area contributed by atoms with E-state index < -0.39 is 5.91 Å². The maximum absolute atomic E-state index is 10.3. The van der Waals surface area contributed by atoms with Crippen molar-refractivity contribution in [2.75, 3.05) is 0 Å². The van der Waals surface area contributed by atoms with Gasteiger partial charge in [-0.05, 0) is 30.5 Å². The summed E-state index contributed by atoms with van der Waals surface area (Å²) in [6, 6.07) is 3.64. The van der Waals surface area contributed by atoms with Crippen LogP contribution in [0.2, 0.25) is 0 Å². The molecule has 1 heterocycles. The molecule has 0 aliphatic rings. The second-order valence-electron chi connectivity index (χ2n) is 2.33. The van der Waals surface area contributed by atoms with Gasteiger partial charge in [0.2, 0.25) is 0 Å². The fourth-order valence-corrected chi connectivity index (χ4v) is 0.730. The molecule has 0 fully saturated rings. The molecule has 1 rings (SSSR count). The average Bonchev–Trinajstić information content (AvgIpc) is 2.01. The summed E-state index contributed by atoms with van der Waals surface area (Å²) < 4.78 is 0. The maximum atomic E-state index is 10.3. The smallest absolute Gasteiger partial charge is 0.293 e. The van der Waals surface area contributed by atoms with E-state index in [0.717, 1.165) is 5.56 Å². The lowest BCUT2D eigenvalue weighted by Gasteiger charge is -1.90. The quantitative estimate of drug-likeness (QED) is 0.552. The van der Waals surface area contributed by atoms with Gasteiger partial charge in [0.05, 0.1) is 0 Å². The van der Waals surface area contributed by atoms with Gasteiger partial charge in [0, 0.05) is 12.1 Å². The Morgan fingerprint density at radius 1 is 1.67 bits per heavy atom. The summed E-state index contributed by atoms with van der Waals surface area (Å²) in [4.78, 5) is 14.2. The van der Waals surface area contributed by atoms with Gasteiger partial charge < -0.3 is 5.73 Å². The molecule has 2 N–H and O–H groups in total. The molecule has 1 amide bonds. The highest BCUT2D eigenvalue weighted by Crippen LogP contribution is 1.97. The van der Waals surface area contributed by atoms with Gasteiger partial charge in [-0.15, -0.1) is 0 Å². The van der Waals surface area contributed by atoms with E-state index in [1.165, 1.54) is 0 Å². The summed E-state index contributed by atoms with van der Waals surface area (Å²) in [5, 5.41) is 0. The molecular weight excluding hydrogens is 152 g/mol. The first-order chi connectivity index (χ1) is 5.68. The van der Waals surface area contributed by atoms with Crippen molar-refractivity contribution in [3.63, 3.8) is 0 Å². The van der Waals surface area contributed by atoms with Crippen molar-refractivity contribution in [3.8, 4) is 11.8 Å². The average molecular weight is 160 g/mol. The highest BCUT2D eigenvalue weighted by Gasteiger charge is 1.88. The van der Waals surface area contributed by atoms with Crippen LogP contribution in [-0.4, -0.2) is 10.9 Å². The van der Waals surface area contributed by atoms with Crippen LogP contribution in [0.3, 0.4) is 0 Å². The number of nitrogens with zero attached hydrogens (tertiary/aromatic N) is 1. The Morgan fingerprint density at radius 2 is 2.42 bits per heavy atom. The second-order valence-corrected chi connectivity index (χ2v) is 2.33. The van der Waals surface area contributed by atoms with E-state index in [4.69, 9.17) is 5.73 Å². The molecule has 0 aliphatic heterocycles. The Balaban J connectivity index is 2.92. The van der Waals surface area contributed by atoms with Gasteiger partial charge >= 0.3 is 0 Å². The van der Waals surface area contributed by atoms with Gasteiger partial charge in [0.1, 0.15) is 5.69 Å². The summed E-state index contributed by atoms with van der Waals surface area (Å²) in [7, 11) is 0. The number of aryl methyl sites for hydroxylation is 1. The van der Waals surface area contributed by atoms with Gasteiger partial charge in [0.15, 0.2) is 0 Å².